The highest BCUT2D eigenvalue weighted by Gasteiger charge is 2.29. The lowest BCUT2D eigenvalue weighted by atomic mass is 9.87. The van der Waals surface area contributed by atoms with Crippen LogP contribution in [0.15, 0.2) is 0 Å². The van der Waals surface area contributed by atoms with E-state index in [1.807, 2.05) is 27.7 Å². The second-order valence-electron chi connectivity index (χ2n) is 4.98. The zero-order valence-corrected chi connectivity index (χ0v) is 11.0. The lowest BCUT2D eigenvalue weighted by Crippen LogP contribution is -2.53. The molecule has 5 heteroatoms. The van der Waals surface area contributed by atoms with E-state index in [-0.39, 0.29) is 17.4 Å². The van der Waals surface area contributed by atoms with Gasteiger partial charge in [0.15, 0.2) is 6.29 Å². The Bertz CT molecular complexity index is 222. The van der Waals surface area contributed by atoms with Crippen LogP contribution in [0.3, 0.4) is 0 Å². The largest absolute Gasteiger partial charge is 0.354 e. The van der Waals surface area contributed by atoms with Gasteiger partial charge in [0, 0.05) is 14.2 Å². The molecular weight excluding hydrogens is 208 g/mol. The lowest BCUT2D eigenvalue weighted by Gasteiger charge is -2.29. The molecule has 1 amide bonds. The number of rotatable bonds is 5. The SMILES string of the molecule is COC(OC)C(C)NC(=O)[C@H](N)C(C)(C)C. The van der Waals surface area contributed by atoms with Gasteiger partial charge < -0.3 is 20.5 Å². The Labute approximate surface area is 97.7 Å². The molecule has 0 aliphatic carbocycles. The van der Waals surface area contributed by atoms with Crippen LogP contribution in [0.5, 0.6) is 0 Å². The van der Waals surface area contributed by atoms with Crippen LogP contribution in [-0.2, 0) is 14.3 Å². The number of carbonyl (C=O) groups is 1. The molecular formula is C11H24N2O3. The molecule has 0 aromatic carbocycles. The number of amides is 1. The first-order valence-corrected chi connectivity index (χ1v) is 5.35. The van der Waals surface area contributed by atoms with Gasteiger partial charge in [-0.2, -0.15) is 0 Å². The Morgan fingerprint density at radius 2 is 1.69 bits per heavy atom. The van der Waals surface area contributed by atoms with E-state index in [9.17, 15) is 4.79 Å². The number of nitrogens with one attached hydrogen (secondary N) is 1. The van der Waals surface area contributed by atoms with E-state index in [1.165, 1.54) is 14.2 Å². The van der Waals surface area contributed by atoms with Crippen molar-refractivity contribution in [3.05, 3.63) is 0 Å². The topological polar surface area (TPSA) is 73.6 Å². The van der Waals surface area contributed by atoms with Gasteiger partial charge in [-0.1, -0.05) is 20.8 Å². The molecule has 0 heterocycles. The molecule has 0 saturated carbocycles. The molecule has 96 valence electrons. The summed E-state index contributed by atoms with van der Waals surface area (Å²) >= 11 is 0. The molecule has 16 heavy (non-hydrogen) atoms. The molecule has 0 aromatic rings. The Morgan fingerprint density at radius 1 is 1.25 bits per heavy atom. The van der Waals surface area contributed by atoms with Crippen LogP contribution in [0, 0.1) is 5.41 Å². The van der Waals surface area contributed by atoms with E-state index in [2.05, 4.69) is 5.32 Å². The van der Waals surface area contributed by atoms with Crippen LogP contribution in [0.2, 0.25) is 0 Å². The van der Waals surface area contributed by atoms with Crippen molar-refractivity contribution in [3.63, 3.8) is 0 Å². The van der Waals surface area contributed by atoms with Crippen LogP contribution < -0.4 is 11.1 Å². The molecule has 0 spiro atoms. The van der Waals surface area contributed by atoms with E-state index in [0.717, 1.165) is 0 Å². The van der Waals surface area contributed by atoms with Gasteiger partial charge in [-0.15, -0.1) is 0 Å². The smallest absolute Gasteiger partial charge is 0.237 e. The number of hydrogen-bond donors (Lipinski definition) is 2. The molecule has 1 unspecified atom stereocenters. The first-order valence-electron chi connectivity index (χ1n) is 5.35. The van der Waals surface area contributed by atoms with Crippen molar-refractivity contribution in [3.8, 4) is 0 Å². The Morgan fingerprint density at radius 3 is 2.00 bits per heavy atom. The fourth-order valence-electron chi connectivity index (χ4n) is 1.28. The van der Waals surface area contributed by atoms with Crippen LogP contribution in [0.25, 0.3) is 0 Å². The minimum Gasteiger partial charge on any atom is -0.354 e. The van der Waals surface area contributed by atoms with Gasteiger partial charge in [0.05, 0.1) is 12.1 Å². The summed E-state index contributed by atoms with van der Waals surface area (Å²) in [6, 6.07) is -0.791. The molecule has 0 bridgehead atoms. The summed E-state index contributed by atoms with van der Waals surface area (Å²) < 4.78 is 10.1. The number of nitrogens with two attached hydrogens (primary N) is 1. The van der Waals surface area contributed by atoms with Gasteiger partial charge in [0.2, 0.25) is 5.91 Å². The molecule has 0 rings (SSSR count). The Hall–Kier alpha value is -0.650. The number of ether oxygens (including phenoxy) is 2. The van der Waals surface area contributed by atoms with E-state index in [0.29, 0.717) is 0 Å². The average Bonchev–Trinajstić information content (AvgIpc) is 2.16. The first kappa shape index (κ1) is 15.3. The number of carbonyl (C=O) groups excluding carboxylic acids is 1. The number of hydrogen-bond acceptors (Lipinski definition) is 4. The fraction of sp³-hybridized carbons (Fsp3) is 0.909. The van der Waals surface area contributed by atoms with Gasteiger partial charge in [0.1, 0.15) is 0 Å². The zero-order valence-electron chi connectivity index (χ0n) is 11.0. The van der Waals surface area contributed by atoms with Gasteiger partial charge in [-0.3, -0.25) is 4.79 Å². The number of methoxy groups -OCH3 is 2. The lowest BCUT2D eigenvalue weighted by molar-refractivity contribution is -0.138. The third-order valence-electron chi connectivity index (χ3n) is 2.46. The molecule has 5 nitrogen and oxygen atoms in total. The summed E-state index contributed by atoms with van der Waals surface area (Å²) in [5.41, 5.74) is 5.57. The molecule has 0 fully saturated rings. The van der Waals surface area contributed by atoms with E-state index < -0.39 is 12.3 Å². The molecule has 0 aliphatic rings. The second-order valence-corrected chi connectivity index (χ2v) is 4.98. The maximum atomic E-state index is 11.8. The third-order valence-corrected chi connectivity index (χ3v) is 2.46. The van der Waals surface area contributed by atoms with E-state index in [1.54, 1.807) is 0 Å². The minimum atomic E-state index is -0.552. The molecule has 0 aliphatic heterocycles. The predicted molar refractivity (Wildman–Crippen MR) is 62.8 cm³/mol. The molecule has 2 atom stereocenters. The van der Waals surface area contributed by atoms with Gasteiger partial charge in [0.25, 0.3) is 0 Å². The summed E-state index contributed by atoms with van der Waals surface area (Å²) in [4.78, 5) is 11.8. The van der Waals surface area contributed by atoms with Crippen LogP contribution >= 0.6 is 0 Å². The Balaban J connectivity index is 4.34. The Kier molecular flexibility index (Phi) is 5.92. The van der Waals surface area contributed by atoms with Crippen molar-refractivity contribution in [2.45, 2.75) is 46.1 Å². The molecule has 0 saturated heterocycles. The van der Waals surface area contributed by atoms with Gasteiger partial charge >= 0.3 is 0 Å². The van der Waals surface area contributed by atoms with Crippen molar-refractivity contribution < 1.29 is 14.3 Å². The minimum absolute atomic E-state index is 0.195. The van der Waals surface area contributed by atoms with Crippen molar-refractivity contribution in [1.82, 2.24) is 5.32 Å². The van der Waals surface area contributed by atoms with Crippen molar-refractivity contribution in [2.24, 2.45) is 11.1 Å². The highest BCUT2D eigenvalue weighted by molar-refractivity contribution is 5.82. The summed E-state index contributed by atoms with van der Waals surface area (Å²) in [6.45, 7) is 7.58. The molecule has 0 radical (unpaired) electrons. The van der Waals surface area contributed by atoms with Crippen LogP contribution in [0.1, 0.15) is 27.7 Å². The van der Waals surface area contributed by atoms with Gasteiger partial charge in [-0.05, 0) is 12.3 Å². The monoisotopic (exact) mass is 232 g/mol. The second kappa shape index (κ2) is 6.18. The maximum absolute atomic E-state index is 11.8. The molecule has 0 aromatic heterocycles. The standard InChI is InChI=1S/C11H24N2O3/c1-7(10(15-5)16-6)13-9(14)8(12)11(2,3)4/h7-8,10H,12H2,1-6H3,(H,13,14)/t7?,8-/m0/s1. The van der Waals surface area contributed by atoms with Gasteiger partial charge in [-0.25, -0.2) is 0 Å². The van der Waals surface area contributed by atoms with Crippen molar-refractivity contribution >= 4 is 5.91 Å². The molecule has 3 N–H and O–H groups in total. The quantitative estimate of drug-likeness (QED) is 0.676. The zero-order chi connectivity index (χ0) is 12.9. The first-order chi connectivity index (χ1) is 7.23. The van der Waals surface area contributed by atoms with Crippen molar-refractivity contribution in [1.29, 1.82) is 0 Å². The fourth-order valence-corrected chi connectivity index (χ4v) is 1.28. The highest BCUT2D eigenvalue weighted by Crippen LogP contribution is 2.17. The predicted octanol–water partition coefficient (Wildman–Crippen LogP) is 0.483. The van der Waals surface area contributed by atoms with E-state index >= 15 is 0 Å². The van der Waals surface area contributed by atoms with Crippen molar-refractivity contribution in [2.75, 3.05) is 14.2 Å². The normalized spacial score (nSPS) is 16.0. The highest BCUT2D eigenvalue weighted by atomic mass is 16.7. The summed E-state index contributed by atoms with van der Waals surface area (Å²) in [6.07, 6.45) is -0.462. The average molecular weight is 232 g/mol. The van der Waals surface area contributed by atoms with E-state index in [4.69, 9.17) is 15.2 Å². The van der Waals surface area contributed by atoms with Crippen LogP contribution in [0.4, 0.5) is 0 Å². The summed E-state index contributed by atoms with van der Waals surface area (Å²) in [5.74, 6) is -0.195. The van der Waals surface area contributed by atoms with Crippen LogP contribution in [-0.4, -0.2) is 38.5 Å². The third kappa shape index (κ3) is 4.47. The summed E-state index contributed by atoms with van der Waals surface area (Å²) in [5, 5.41) is 2.77. The summed E-state index contributed by atoms with van der Waals surface area (Å²) in [7, 11) is 3.06. The maximum Gasteiger partial charge on any atom is 0.237 e.